The number of hydrogen-bond acceptors (Lipinski definition) is 5. The summed E-state index contributed by atoms with van der Waals surface area (Å²) in [5, 5.41) is 7.85. The molecule has 0 saturated carbocycles. The number of methoxy groups -OCH3 is 2. The Kier molecular flexibility index (Phi) is 5.86. The van der Waals surface area contributed by atoms with Crippen molar-refractivity contribution in [1.29, 1.82) is 0 Å². The quantitative estimate of drug-likeness (QED) is 0.431. The summed E-state index contributed by atoms with van der Waals surface area (Å²) < 4.78 is 12.9. The highest BCUT2D eigenvalue weighted by atomic mass is 16.5. The zero-order valence-corrected chi connectivity index (χ0v) is 21.9. The average molecular weight is 514 g/mol. The summed E-state index contributed by atoms with van der Waals surface area (Å²) in [6.07, 6.45) is 5.68. The Hall–Kier alpha value is -4.27. The van der Waals surface area contributed by atoms with Crippen LogP contribution in [0.3, 0.4) is 0 Å². The molecular formula is C29H31N5O4. The van der Waals surface area contributed by atoms with E-state index in [1.165, 1.54) is 0 Å². The Morgan fingerprint density at radius 3 is 2.50 bits per heavy atom. The number of fused-ring (bicyclic) bond motifs is 1. The van der Waals surface area contributed by atoms with Crippen molar-refractivity contribution in [3.8, 4) is 22.6 Å². The van der Waals surface area contributed by atoms with Gasteiger partial charge in [0, 0.05) is 67.2 Å². The summed E-state index contributed by atoms with van der Waals surface area (Å²) >= 11 is 0. The fourth-order valence-electron chi connectivity index (χ4n) is 5.96. The normalized spacial score (nSPS) is 17.0. The highest BCUT2D eigenvalue weighted by Gasteiger charge is 2.49. The van der Waals surface area contributed by atoms with Gasteiger partial charge in [-0.25, -0.2) is 0 Å². The van der Waals surface area contributed by atoms with E-state index in [2.05, 4.69) is 10.2 Å². The van der Waals surface area contributed by atoms with Crippen LogP contribution in [0.15, 0.2) is 54.9 Å². The minimum Gasteiger partial charge on any atom is -0.497 e. The number of aryl methyl sites for hydroxylation is 1. The number of aromatic amines is 1. The van der Waals surface area contributed by atoms with E-state index >= 15 is 0 Å². The number of nitrogens with zero attached hydrogens (tertiary/aromatic N) is 4. The van der Waals surface area contributed by atoms with Gasteiger partial charge in [-0.05, 0) is 49.6 Å². The highest BCUT2D eigenvalue weighted by Crippen LogP contribution is 2.44. The molecule has 0 unspecified atom stereocenters. The molecule has 0 bridgehead atoms. The van der Waals surface area contributed by atoms with E-state index in [1.807, 2.05) is 70.1 Å². The number of anilines is 1. The second-order valence-corrected chi connectivity index (χ2v) is 10.2. The maximum Gasteiger partial charge on any atom is 0.270 e. The van der Waals surface area contributed by atoms with Gasteiger partial charge in [0.25, 0.3) is 5.91 Å². The van der Waals surface area contributed by atoms with Gasteiger partial charge in [0.1, 0.15) is 17.2 Å². The van der Waals surface area contributed by atoms with Crippen LogP contribution in [0.5, 0.6) is 11.5 Å². The Morgan fingerprint density at radius 1 is 1.00 bits per heavy atom. The number of piperidine rings is 1. The molecule has 4 heterocycles. The largest absolute Gasteiger partial charge is 0.497 e. The van der Waals surface area contributed by atoms with E-state index in [0.29, 0.717) is 43.9 Å². The van der Waals surface area contributed by atoms with E-state index in [9.17, 15) is 9.59 Å². The first-order valence-corrected chi connectivity index (χ1v) is 12.9. The molecule has 1 N–H and O–H groups in total. The highest BCUT2D eigenvalue weighted by molar-refractivity contribution is 6.01. The number of nitrogens with one attached hydrogen (secondary N) is 1. The van der Waals surface area contributed by atoms with Gasteiger partial charge in [-0.1, -0.05) is 0 Å². The molecule has 2 aromatic heterocycles. The van der Waals surface area contributed by atoms with Crippen molar-refractivity contribution >= 4 is 28.4 Å². The Morgan fingerprint density at radius 2 is 1.79 bits per heavy atom. The lowest BCUT2D eigenvalue weighted by Gasteiger charge is -2.38. The standard InChI is InChI=1S/C29H31N5O4/c1-32-24-16-22(37-2)6-4-19(24)14-25(32)27(35)33-11-8-29(9-12-33)10-13-34(28(29)36)21-5-7-23(26(15-21)38-3)20-17-30-31-18-20/h4-7,14-18H,8-13H2,1-3H3,(H,30,31). The number of likely N-dealkylation sites (tertiary alicyclic amines) is 1. The Balaban J connectivity index is 1.17. The van der Waals surface area contributed by atoms with Gasteiger partial charge in [0.05, 0.1) is 31.3 Å². The number of ether oxygens (including phenoxy) is 2. The predicted octanol–water partition coefficient (Wildman–Crippen LogP) is 4.24. The molecule has 2 aliphatic rings. The molecule has 2 aromatic carbocycles. The number of hydrogen-bond donors (Lipinski definition) is 1. The van der Waals surface area contributed by atoms with Crippen molar-refractivity contribution in [1.82, 2.24) is 19.7 Å². The number of aromatic nitrogens is 3. The third-order valence-corrected chi connectivity index (χ3v) is 8.30. The molecule has 0 radical (unpaired) electrons. The van der Waals surface area contributed by atoms with Crippen molar-refractivity contribution in [3.05, 3.63) is 60.6 Å². The van der Waals surface area contributed by atoms with E-state index in [0.717, 1.165) is 39.9 Å². The third-order valence-electron chi connectivity index (χ3n) is 8.30. The van der Waals surface area contributed by atoms with Crippen molar-refractivity contribution in [2.45, 2.75) is 19.3 Å². The van der Waals surface area contributed by atoms with Gasteiger partial charge >= 0.3 is 0 Å². The van der Waals surface area contributed by atoms with Crippen LogP contribution in [0, 0.1) is 5.41 Å². The van der Waals surface area contributed by atoms with Crippen LogP contribution >= 0.6 is 0 Å². The van der Waals surface area contributed by atoms with Crippen LogP contribution in [-0.4, -0.2) is 65.3 Å². The van der Waals surface area contributed by atoms with Crippen LogP contribution in [-0.2, 0) is 11.8 Å². The zero-order chi connectivity index (χ0) is 26.4. The van der Waals surface area contributed by atoms with E-state index in [-0.39, 0.29) is 11.8 Å². The SMILES string of the molecule is COc1ccc2cc(C(=O)N3CCC4(CC3)CCN(c3ccc(-c5cn[nH]c5)c(OC)c3)C4=O)n(C)c2c1. The second kappa shape index (κ2) is 9.24. The van der Waals surface area contributed by atoms with Crippen LogP contribution in [0.1, 0.15) is 29.8 Å². The third kappa shape index (κ3) is 3.81. The maximum absolute atomic E-state index is 13.7. The molecular weight excluding hydrogens is 482 g/mol. The number of H-pyrrole nitrogens is 1. The van der Waals surface area contributed by atoms with Gasteiger partial charge in [-0.15, -0.1) is 0 Å². The molecule has 2 fully saturated rings. The summed E-state index contributed by atoms with van der Waals surface area (Å²) in [6.45, 7) is 1.78. The van der Waals surface area contributed by atoms with Gasteiger partial charge in [0.2, 0.25) is 5.91 Å². The summed E-state index contributed by atoms with van der Waals surface area (Å²) in [6, 6.07) is 13.6. The summed E-state index contributed by atoms with van der Waals surface area (Å²) in [4.78, 5) is 31.0. The summed E-state index contributed by atoms with van der Waals surface area (Å²) in [5.74, 6) is 1.60. The molecule has 38 heavy (non-hydrogen) atoms. The first-order chi connectivity index (χ1) is 18.4. The fourth-order valence-corrected chi connectivity index (χ4v) is 5.96. The molecule has 2 saturated heterocycles. The van der Waals surface area contributed by atoms with Crippen LogP contribution in [0.25, 0.3) is 22.0 Å². The molecule has 2 aliphatic heterocycles. The fraction of sp³-hybridized carbons (Fsp3) is 0.345. The van der Waals surface area contributed by atoms with Gasteiger partial charge in [0.15, 0.2) is 0 Å². The first kappa shape index (κ1) is 24.1. The maximum atomic E-state index is 13.7. The predicted molar refractivity (Wildman–Crippen MR) is 145 cm³/mol. The zero-order valence-electron chi connectivity index (χ0n) is 21.9. The lowest BCUT2D eigenvalue weighted by molar-refractivity contribution is -0.127. The molecule has 9 nitrogen and oxygen atoms in total. The number of benzene rings is 2. The molecule has 0 aliphatic carbocycles. The summed E-state index contributed by atoms with van der Waals surface area (Å²) in [5.41, 5.74) is 3.86. The second-order valence-electron chi connectivity index (χ2n) is 10.2. The first-order valence-electron chi connectivity index (χ1n) is 12.9. The van der Waals surface area contributed by atoms with E-state index in [4.69, 9.17) is 9.47 Å². The molecule has 1 spiro atoms. The van der Waals surface area contributed by atoms with E-state index in [1.54, 1.807) is 20.4 Å². The smallest absolute Gasteiger partial charge is 0.270 e. The average Bonchev–Trinajstić information content (AvgIpc) is 3.68. The van der Waals surface area contributed by atoms with Crippen LogP contribution in [0.2, 0.25) is 0 Å². The van der Waals surface area contributed by atoms with Crippen LogP contribution in [0.4, 0.5) is 5.69 Å². The van der Waals surface area contributed by atoms with E-state index < -0.39 is 5.41 Å². The molecule has 9 heteroatoms. The lowest BCUT2D eigenvalue weighted by atomic mass is 9.77. The molecule has 0 atom stereocenters. The molecule has 6 rings (SSSR count). The molecule has 2 amide bonds. The number of rotatable bonds is 5. The van der Waals surface area contributed by atoms with Crippen molar-refractivity contribution in [2.75, 3.05) is 38.8 Å². The molecule has 4 aromatic rings. The number of carbonyl (C=O) groups excluding carboxylic acids is 2. The van der Waals surface area contributed by atoms with Crippen LogP contribution < -0.4 is 14.4 Å². The minimum absolute atomic E-state index is 0.000564. The minimum atomic E-state index is -0.431. The Bertz CT molecular complexity index is 1520. The number of amides is 2. The van der Waals surface area contributed by atoms with Gasteiger partial charge < -0.3 is 23.8 Å². The monoisotopic (exact) mass is 513 g/mol. The number of carbonyl (C=O) groups is 2. The van der Waals surface area contributed by atoms with Crippen molar-refractivity contribution in [2.24, 2.45) is 12.5 Å². The topological polar surface area (TPSA) is 92.7 Å². The molecule has 196 valence electrons. The van der Waals surface area contributed by atoms with Crippen molar-refractivity contribution < 1.29 is 19.1 Å². The van der Waals surface area contributed by atoms with Gasteiger partial charge in [-0.3, -0.25) is 14.7 Å². The summed E-state index contributed by atoms with van der Waals surface area (Å²) in [7, 11) is 5.18. The van der Waals surface area contributed by atoms with Gasteiger partial charge in [-0.2, -0.15) is 5.10 Å². The van der Waals surface area contributed by atoms with Crippen molar-refractivity contribution in [3.63, 3.8) is 0 Å². The lowest BCUT2D eigenvalue weighted by Crippen LogP contribution is -2.47. The Labute approximate surface area is 220 Å².